The van der Waals surface area contributed by atoms with Crippen molar-refractivity contribution in [1.82, 2.24) is 0 Å². The smallest absolute Gasteiger partial charge is 0.185 e. The van der Waals surface area contributed by atoms with Crippen LogP contribution in [-0.4, -0.2) is 36.9 Å². The molecule has 0 spiro atoms. The van der Waals surface area contributed by atoms with E-state index in [9.17, 15) is 5.11 Å². The first-order valence-electron chi connectivity index (χ1n) is 7.48. The Balaban J connectivity index is 3.16. The molecule has 0 aromatic heterocycles. The molecule has 0 heterocycles. The van der Waals surface area contributed by atoms with E-state index in [2.05, 4.69) is 11.9 Å². The molecule has 0 saturated heterocycles. The average Bonchev–Trinajstić information content (AvgIpc) is 2.38. The summed E-state index contributed by atoms with van der Waals surface area (Å²) in [5, 5.41) is 9.48. The highest BCUT2D eigenvalue weighted by molar-refractivity contribution is 5.75. The van der Waals surface area contributed by atoms with E-state index >= 15 is 0 Å². The SMILES string of the molecule is CCCCCCCCCCOCC(O)CN=C(N)N. The normalized spacial score (nSPS) is 12.3. The second kappa shape index (κ2) is 13.6. The molecule has 0 amide bonds. The minimum Gasteiger partial charge on any atom is -0.389 e. The molecule has 5 heteroatoms. The van der Waals surface area contributed by atoms with Crippen molar-refractivity contribution in [3.63, 3.8) is 0 Å². The van der Waals surface area contributed by atoms with Crippen LogP contribution in [0.25, 0.3) is 0 Å². The highest BCUT2D eigenvalue weighted by atomic mass is 16.5. The topological polar surface area (TPSA) is 93.9 Å². The zero-order chi connectivity index (χ0) is 14.3. The van der Waals surface area contributed by atoms with Crippen LogP contribution in [0.15, 0.2) is 4.99 Å². The Hall–Kier alpha value is -0.810. The van der Waals surface area contributed by atoms with Gasteiger partial charge in [-0.15, -0.1) is 0 Å². The van der Waals surface area contributed by atoms with Crippen LogP contribution in [0.1, 0.15) is 58.3 Å². The number of hydrogen-bond acceptors (Lipinski definition) is 3. The number of rotatable bonds is 13. The van der Waals surface area contributed by atoms with Crippen molar-refractivity contribution in [1.29, 1.82) is 0 Å². The third kappa shape index (κ3) is 15.1. The van der Waals surface area contributed by atoms with Crippen molar-refractivity contribution < 1.29 is 9.84 Å². The molecule has 0 rings (SSSR count). The van der Waals surface area contributed by atoms with Gasteiger partial charge in [-0.1, -0.05) is 51.9 Å². The standard InChI is InChI=1S/C14H31N3O2/c1-2-3-4-5-6-7-8-9-10-19-12-13(18)11-17-14(15)16/h13,18H,2-12H2,1H3,(H4,15,16,17). The van der Waals surface area contributed by atoms with Gasteiger partial charge in [-0.05, 0) is 6.42 Å². The molecule has 0 aromatic rings. The third-order valence-corrected chi connectivity index (χ3v) is 2.94. The summed E-state index contributed by atoms with van der Waals surface area (Å²) in [5.41, 5.74) is 10.3. The zero-order valence-electron chi connectivity index (χ0n) is 12.3. The average molecular weight is 273 g/mol. The maximum absolute atomic E-state index is 9.48. The molecule has 0 aliphatic rings. The van der Waals surface area contributed by atoms with Gasteiger partial charge in [-0.25, -0.2) is 0 Å². The summed E-state index contributed by atoms with van der Waals surface area (Å²) in [6.45, 7) is 3.44. The van der Waals surface area contributed by atoms with Gasteiger partial charge in [-0.3, -0.25) is 4.99 Å². The molecule has 0 aliphatic carbocycles. The molecule has 1 unspecified atom stereocenters. The van der Waals surface area contributed by atoms with Crippen molar-refractivity contribution in [2.45, 2.75) is 64.4 Å². The number of unbranched alkanes of at least 4 members (excludes halogenated alkanes) is 7. The van der Waals surface area contributed by atoms with Crippen molar-refractivity contribution >= 4 is 5.96 Å². The van der Waals surface area contributed by atoms with Gasteiger partial charge in [0.05, 0.1) is 19.3 Å². The van der Waals surface area contributed by atoms with Crippen molar-refractivity contribution in [3.8, 4) is 0 Å². The highest BCUT2D eigenvalue weighted by Crippen LogP contribution is 2.08. The van der Waals surface area contributed by atoms with Gasteiger partial charge < -0.3 is 21.3 Å². The molecule has 0 radical (unpaired) electrons. The maximum atomic E-state index is 9.48. The largest absolute Gasteiger partial charge is 0.389 e. The highest BCUT2D eigenvalue weighted by Gasteiger charge is 2.02. The van der Waals surface area contributed by atoms with E-state index in [0.717, 1.165) is 6.42 Å². The van der Waals surface area contributed by atoms with Crippen LogP contribution in [0.4, 0.5) is 0 Å². The quantitative estimate of drug-likeness (QED) is 0.271. The van der Waals surface area contributed by atoms with E-state index in [-0.39, 0.29) is 12.5 Å². The summed E-state index contributed by atoms with van der Waals surface area (Å²) in [4.78, 5) is 3.73. The van der Waals surface area contributed by atoms with Crippen molar-refractivity contribution in [3.05, 3.63) is 0 Å². The zero-order valence-corrected chi connectivity index (χ0v) is 12.3. The number of nitrogens with zero attached hydrogens (tertiary/aromatic N) is 1. The fourth-order valence-electron chi connectivity index (χ4n) is 1.82. The van der Waals surface area contributed by atoms with Crippen LogP contribution in [0.2, 0.25) is 0 Å². The number of guanidine groups is 1. The van der Waals surface area contributed by atoms with Gasteiger partial charge in [-0.2, -0.15) is 0 Å². The molecule has 0 bridgehead atoms. The maximum Gasteiger partial charge on any atom is 0.185 e. The van der Waals surface area contributed by atoms with Crippen LogP contribution in [0.3, 0.4) is 0 Å². The molecule has 0 fully saturated rings. The summed E-state index contributed by atoms with van der Waals surface area (Å²) >= 11 is 0. The number of aliphatic imine (C=N–C) groups is 1. The van der Waals surface area contributed by atoms with E-state index < -0.39 is 6.10 Å². The van der Waals surface area contributed by atoms with Gasteiger partial charge in [0, 0.05) is 6.61 Å². The summed E-state index contributed by atoms with van der Waals surface area (Å²) < 4.78 is 5.37. The lowest BCUT2D eigenvalue weighted by Gasteiger charge is -2.09. The molecule has 114 valence electrons. The van der Waals surface area contributed by atoms with E-state index in [1.165, 1.54) is 44.9 Å². The van der Waals surface area contributed by atoms with Crippen molar-refractivity contribution in [2.75, 3.05) is 19.8 Å². The minimum atomic E-state index is -0.615. The van der Waals surface area contributed by atoms with E-state index in [0.29, 0.717) is 13.2 Å². The Bertz CT molecular complexity index is 219. The Morgan fingerprint density at radius 1 is 1.05 bits per heavy atom. The molecule has 19 heavy (non-hydrogen) atoms. The van der Waals surface area contributed by atoms with Crippen LogP contribution in [0, 0.1) is 0 Å². The van der Waals surface area contributed by atoms with Gasteiger partial charge in [0.2, 0.25) is 0 Å². The first kappa shape index (κ1) is 18.2. The number of aliphatic hydroxyl groups is 1. The second-order valence-electron chi connectivity index (χ2n) is 4.97. The Morgan fingerprint density at radius 2 is 1.63 bits per heavy atom. The minimum absolute atomic E-state index is 0.00197. The second-order valence-corrected chi connectivity index (χ2v) is 4.97. The monoisotopic (exact) mass is 273 g/mol. The lowest BCUT2D eigenvalue weighted by atomic mass is 10.1. The molecular weight excluding hydrogens is 242 g/mol. The fraction of sp³-hybridized carbons (Fsp3) is 0.929. The third-order valence-electron chi connectivity index (χ3n) is 2.94. The number of ether oxygens (including phenoxy) is 1. The predicted molar refractivity (Wildman–Crippen MR) is 80.1 cm³/mol. The van der Waals surface area contributed by atoms with Gasteiger partial charge in [0.25, 0.3) is 0 Å². The number of aliphatic hydroxyl groups excluding tert-OH is 1. The summed E-state index contributed by atoms with van der Waals surface area (Å²) in [5.74, 6) is 0.00197. The summed E-state index contributed by atoms with van der Waals surface area (Å²) in [7, 11) is 0. The molecule has 0 aromatic carbocycles. The van der Waals surface area contributed by atoms with E-state index in [1.54, 1.807) is 0 Å². The summed E-state index contributed by atoms with van der Waals surface area (Å²) in [6, 6.07) is 0. The van der Waals surface area contributed by atoms with Crippen molar-refractivity contribution in [2.24, 2.45) is 16.5 Å². The van der Waals surface area contributed by atoms with E-state index in [4.69, 9.17) is 16.2 Å². The van der Waals surface area contributed by atoms with Crippen LogP contribution in [-0.2, 0) is 4.74 Å². The first-order valence-corrected chi connectivity index (χ1v) is 7.48. The lowest BCUT2D eigenvalue weighted by molar-refractivity contribution is 0.0399. The van der Waals surface area contributed by atoms with Crippen LogP contribution in [0.5, 0.6) is 0 Å². The van der Waals surface area contributed by atoms with E-state index in [1.807, 2.05) is 0 Å². The number of hydrogen-bond donors (Lipinski definition) is 3. The molecule has 1 atom stereocenters. The lowest BCUT2D eigenvalue weighted by Crippen LogP contribution is -2.26. The van der Waals surface area contributed by atoms with Gasteiger partial charge >= 0.3 is 0 Å². The summed E-state index contributed by atoms with van der Waals surface area (Å²) in [6.07, 6.45) is 9.63. The first-order chi connectivity index (χ1) is 9.16. The number of nitrogens with two attached hydrogens (primary N) is 2. The Morgan fingerprint density at radius 3 is 2.21 bits per heavy atom. The Labute approximate surface area is 117 Å². The Kier molecular flexibility index (Phi) is 13.0. The molecule has 0 saturated carbocycles. The van der Waals surface area contributed by atoms with Gasteiger partial charge in [0.15, 0.2) is 5.96 Å². The molecule has 0 aliphatic heterocycles. The predicted octanol–water partition coefficient (Wildman–Crippen LogP) is 1.78. The van der Waals surface area contributed by atoms with Crippen LogP contribution < -0.4 is 11.5 Å². The van der Waals surface area contributed by atoms with Crippen LogP contribution >= 0.6 is 0 Å². The molecule has 5 nitrogen and oxygen atoms in total. The molecular formula is C14H31N3O2. The fourth-order valence-corrected chi connectivity index (χ4v) is 1.82. The molecule has 5 N–H and O–H groups in total. The van der Waals surface area contributed by atoms with Gasteiger partial charge in [0.1, 0.15) is 0 Å².